The molecule has 4 aliphatic heterocycles. The van der Waals surface area contributed by atoms with Gasteiger partial charge in [-0.3, -0.25) is 24.7 Å². The molecule has 4 atom stereocenters. The van der Waals surface area contributed by atoms with Gasteiger partial charge in [0.25, 0.3) is 0 Å². The highest BCUT2D eigenvalue weighted by atomic mass is 16.1. The van der Waals surface area contributed by atoms with Crippen molar-refractivity contribution in [2.75, 3.05) is 54.4 Å². The zero-order valence-corrected chi connectivity index (χ0v) is 62.4. The Bertz CT molecular complexity index is 5170. The van der Waals surface area contributed by atoms with Crippen molar-refractivity contribution in [3.63, 3.8) is 0 Å². The summed E-state index contributed by atoms with van der Waals surface area (Å²) < 4.78 is 9.28. The van der Waals surface area contributed by atoms with Crippen LogP contribution in [0.15, 0.2) is 174 Å². The number of hydrogen-bond donors (Lipinski definition) is 1. The summed E-state index contributed by atoms with van der Waals surface area (Å²) in [5.41, 5.74) is 57.6. The van der Waals surface area contributed by atoms with Crippen LogP contribution in [0.4, 0.5) is 0 Å². The molecule has 106 heavy (non-hydrogen) atoms. The molecular formula is C82H93N23O. The number of rotatable bonds is 16. The van der Waals surface area contributed by atoms with Crippen molar-refractivity contribution in [1.82, 2.24) is 62.8 Å². The maximum absolute atomic E-state index is 12.3. The molecule has 0 aliphatic carbocycles. The number of aryl methyl sites for hydroxylation is 5. The van der Waals surface area contributed by atoms with E-state index < -0.39 is 11.5 Å². The van der Waals surface area contributed by atoms with E-state index in [2.05, 4.69) is 204 Å². The fourth-order valence-electron chi connectivity index (χ4n) is 16.0. The minimum absolute atomic E-state index is 0.247. The number of azide groups is 3. The minimum atomic E-state index is -0.697. The zero-order valence-electron chi connectivity index (χ0n) is 62.4. The van der Waals surface area contributed by atoms with Gasteiger partial charge in [-0.25, -0.2) is 4.98 Å². The summed E-state index contributed by atoms with van der Waals surface area (Å²) in [6.45, 7) is 22.7. The van der Waals surface area contributed by atoms with E-state index in [4.69, 9.17) is 21.8 Å². The largest absolute Gasteiger partial charge is 0.369 e. The van der Waals surface area contributed by atoms with Crippen LogP contribution in [-0.4, -0.2) is 123 Å². The molecular weight excluding hydrogens is 1320 g/mol. The van der Waals surface area contributed by atoms with Gasteiger partial charge in [-0.1, -0.05) is 62.4 Å². The second-order valence-corrected chi connectivity index (χ2v) is 29.4. The Morgan fingerprint density at radius 2 is 0.925 bits per heavy atom. The van der Waals surface area contributed by atoms with Crippen LogP contribution in [0.5, 0.6) is 0 Å². The Hall–Kier alpha value is -11.2. The molecule has 24 nitrogen and oxygen atoms in total. The molecule has 24 heteroatoms. The van der Waals surface area contributed by atoms with E-state index in [1.807, 2.05) is 68.6 Å². The van der Waals surface area contributed by atoms with Crippen molar-refractivity contribution >= 4 is 49.6 Å². The number of benzene rings is 3. The van der Waals surface area contributed by atoms with E-state index in [-0.39, 0.29) is 18.0 Å². The lowest BCUT2D eigenvalue weighted by molar-refractivity contribution is -0.119. The average molecular weight is 1420 g/mol. The van der Waals surface area contributed by atoms with Crippen LogP contribution in [0.3, 0.4) is 0 Å². The molecule has 12 aromatic rings. The van der Waals surface area contributed by atoms with Crippen molar-refractivity contribution in [3.8, 4) is 0 Å². The quantitative estimate of drug-likeness (QED) is 0.0542. The summed E-state index contributed by atoms with van der Waals surface area (Å²) in [6, 6.07) is 37.0. The molecule has 0 saturated carbocycles. The highest BCUT2D eigenvalue weighted by Gasteiger charge is 2.33. The van der Waals surface area contributed by atoms with Crippen LogP contribution in [0.2, 0.25) is 0 Å². The van der Waals surface area contributed by atoms with E-state index in [0.717, 1.165) is 117 Å². The molecule has 542 valence electrons. The summed E-state index contributed by atoms with van der Waals surface area (Å²) in [5.74, 6) is -0.699. The van der Waals surface area contributed by atoms with Crippen molar-refractivity contribution in [2.24, 2.45) is 21.1 Å². The first-order valence-electron chi connectivity index (χ1n) is 36.4. The maximum Gasteiger partial charge on any atom is 0.226 e. The van der Waals surface area contributed by atoms with Crippen LogP contribution >= 0.6 is 0 Å². The fraction of sp³-hybridized carbons (Fsp3) is 0.366. The summed E-state index contributed by atoms with van der Waals surface area (Å²) in [4.78, 5) is 52.5. The number of pyridine rings is 5. The molecule has 0 bridgehead atoms. The van der Waals surface area contributed by atoms with Gasteiger partial charge in [0.1, 0.15) is 5.65 Å². The lowest BCUT2D eigenvalue weighted by Crippen LogP contribution is -2.30. The van der Waals surface area contributed by atoms with E-state index in [1.165, 1.54) is 99.8 Å². The number of nitrogens with zero attached hydrogens (tertiary/aromatic N) is 22. The van der Waals surface area contributed by atoms with Gasteiger partial charge in [0, 0.05) is 235 Å². The molecule has 1 amide bonds. The number of likely N-dealkylation sites (N-methyl/N-ethyl adjacent to an activating group) is 4. The van der Waals surface area contributed by atoms with Gasteiger partial charge in [0.2, 0.25) is 5.91 Å². The van der Waals surface area contributed by atoms with Crippen molar-refractivity contribution < 1.29 is 4.79 Å². The topological polar surface area (TPSA) is 286 Å². The Kier molecular flexibility index (Phi) is 22.1. The number of fused-ring (bicyclic) bond motifs is 12. The normalized spacial score (nSPS) is 15.8. The Labute approximate surface area is 618 Å². The van der Waals surface area contributed by atoms with Gasteiger partial charge < -0.3 is 43.6 Å². The lowest BCUT2D eigenvalue weighted by atomic mass is 9.94. The second-order valence-electron chi connectivity index (χ2n) is 29.4. The molecule has 0 radical (unpaired) electrons. The number of carbonyl (C=O) groups excluding carboxylic acids is 1. The number of amides is 1. The molecule has 13 heterocycles. The van der Waals surface area contributed by atoms with Crippen molar-refractivity contribution in [2.45, 2.75) is 143 Å². The molecule has 0 fully saturated rings. The Balaban J connectivity index is 0.000000125. The predicted molar refractivity (Wildman–Crippen MR) is 419 cm³/mol. The van der Waals surface area contributed by atoms with Gasteiger partial charge in [0.05, 0.1) is 23.5 Å². The number of nitrogens with two attached hydrogens (primary N) is 1. The van der Waals surface area contributed by atoms with Crippen LogP contribution in [-0.2, 0) is 88.4 Å². The third-order valence-electron chi connectivity index (χ3n) is 21.6. The molecule has 3 aromatic carbocycles. The van der Waals surface area contributed by atoms with E-state index in [1.54, 1.807) is 43.4 Å². The summed E-state index contributed by atoms with van der Waals surface area (Å²) in [7, 11) is 8.64. The smallest absolute Gasteiger partial charge is 0.226 e. The second kappa shape index (κ2) is 32.0. The monoisotopic (exact) mass is 1420 g/mol. The van der Waals surface area contributed by atoms with Gasteiger partial charge in [-0.2, -0.15) is 0 Å². The highest BCUT2D eigenvalue weighted by molar-refractivity contribution is 5.89. The molecule has 2 N–H and O–H groups in total. The van der Waals surface area contributed by atoms with Gasteiger partial charge in [-0.05, 0) is 215 Å². The third-order valence-corrected chi connectivity index (χ3v) is 21.6. The molecule has 16 rings (SSSR count). The summed E-state index contributed by atoms with van der Waals surface area (Å²) >= 11 is 0. The Morgan fingerprint density at radius 1 is 0.481 bits per heavy atom. The maximum atomic E-state index is 12.3. The van der Waals surface area contributed by atoms with E-state index >= 15 is 0 Å². The average Bonchev–Trinajstić information content (AvgIpc) is 1.61. The first kappa shape index (κ1) is 73.1. The number of carbonyl (C=O) groups is 1. The van der Waals surface area contributed by atoms with Crippen LogP contribution in [0.1, 0.15) is 120 Å². The van der Waals surface area contributed by atoms with Crippen LogP contribution < -0.4 is 5.73 Å². The standard InChI is InChI=1S/C22H26N4O.C21H24N6.C20H22N6.C19H21N7/c1-14-4-7-20-17(10-14)19-12-25(3)9-8-21(19)26(20)13-18(22(23)27)16-6-5-15(2)24-11-16;1-15-6-7-19-17(11-15)18-13-26(3)10-8-20(18)27(19)14-21(2,24-25-22)16-5-4-9-23-12-16;1-14-3-4-19-16(11-14)17-12-25(2)10-7-20(17)26(19)13-18(23-24-21)15-5-8-22-9-6-15;1-13-9-15-16-11-25(2)8-5-18(16)26(19(15)22-10-13)12-17(23-24-20)14-3-6-21-7-4-14/h4-7,10-11,18H,8-9,12-13H2,1-3H3,(H2,23,27);4-7,9,11-12H,8,10,13-14H2,1-3H3;3-6,8-9,11,18H,7,10,12-13H2,1-2H3;3-4,6-7,9-10,17H,5,8,11-12H2,1-2H3. The van der Waals surface area contributed by atoms with E-state index in [0.29, 0.717) is 26.2 Å². The molecule has 0 spiro atoms. The molecule has 0 saturated heterocycles. The van der Waals surface area contributed by atoms with Crippen molar-refractivity contribution in [3.05, 3.63) is 285 Å². The molecule has 4 unspecified atom stereocenters. The van der Waals surface area contributed by atoms with Crippen LogP contribution in [0.25, 0.3) is 75.1 Å². The van der Waals surface area contributed by atoms with Crippen molar-refractivity contribution in [1.29, 1.82) is 0 Å². The van der Waals surface area contributed by atoms with Gasteiger partial charge in [0.15, 0.2) is 0 Å². The minimum Gasteiger partial charge on any atom is -0.369 e. The Morgan fingerprint density at radius 3 is 1.37 bits per heavy atom. The summed E-state index contributed by atoms with van der Waals surface area (Å²) in [6.07, 6.45) is 18.1. The van der Waals surface area contributed by atoms with Crippen LogP contribution in [0, 0.1) is 34.6 Å². The molecule has 9 aromatic heterocycles. The van der Waals surface area contributed by atoms with Gasteiger partial charge in [-0.15, -0.1) is 0 Å². The lowest BCUT2D eigenvalue weighted by Gasteiger charge is -2.29. The highest BCUT2D eigenvalue weighted by Crippen LogP contribution is 2.39. The first-order valence-corrected chi connectivity index (χ1v) is 36.4. The number of hydrogen-bond acceptors (Lipinski definition) is 13. The zero-order chi connectivity index (χ0) is 74.3. The predicted octanol–water partition coefficient (Wildman–Crippen LogP) is 15.6. The van der Waals surface area contributed by atoms with Gasteiger partial charge >= 0.3 is 0 Å². The fourth-order valence-corrected chi connectivity index (χ4v) is 16.0. The number of primary amides is 1. The third kappa shape index (κ3) is 15.6. The number of aromatic nitrogens is 9. The SMILES string of the molecule is Cc1ccc2c(c1)c1c(n2CC(C(N)=O)c2ccc(C)nc2)CCN(C)C1.Cc1ccc2c(c1)c1c(n2CC(C)(N=[N+]=[N-])c2cccnc2)CCN(C)C1.Cc1ccc2c(c1)c1c(n2CC(N=[N+]=[N-])c2ccncc2)CCN(C)C1.Cc1cnc2c(c1)c1c(n2CC(N=[N+]=[N-])c2ccncc2)CCN(C)C1. The molecule has 4 aliphatic rings. The first-order chi connectivity index (χ1) is 51.3. The summed E-state index contributed by atoms with van der Waals surface area (Å²) in [5, 5.41) is 17.5. The van der Waals surface area contributed by atoms with E-state index in [9.17, 15) is 10.3 Å².